The number of rotatable bonds is 5. The van der Waals surface area contributed by atoms with Crippen molar-refractivity contribution in [1.82, 2.24) is 0 Å². The van der Waals surface area contributed by atoms with Crippen molar-refractivity contribution in [3.05, 3.63) is 39.5 Å². The van der Waals surface area contributed by atoms with E-state index in [9.17, 15) is 18.3 Å². The summed E-state index contributed by atoms with van der Waals surface area (Å²) in [5.74, 6) is -1.29. The van der Waals surface area contributed by atoms with Crippen LogP contribution in [-0.4, -0.2) is 26.6 Å². The molecule has 2 rings (SSSR count). The van der Waals surface area contributed by atoms with Crippen molar-refractivity contribution in [2.24, 2.45) is 0 Å². The molecule has 1 aromatic heterocycles. The van der Waals surface area contributed by atoms with Crippen molar-refractivity contribution in [1.29, 1.82) is 0 Å². The Bertz CT molecular complexity index is 771. The van der Waals surface area contributed by atoms with Crippen LogP contribution in [-0.2, 0) is 10.0 Å². The fourth-order valence-electron chi connectivity index (χ4n) is 1.64. The van der Waals surface area contributed by atoms with Crippen molar-refractivity contribution >= 4 is 44.6 Å². The molecule has 0 fully saturated rings. The first kappa shape index (κ1) is 15.6. The van der Waals surface area contributed by atoms with Gasteiger partial charge in [0.25, 0.3) is 10.0 Å². The van der Waals surface area contributed by atoms with E-state index >= 15 is 0 Å². The van der Waals surface area contributed by atoms with Gasteiger partial charge in [0.2, 0.25) is 0 Å². The number of carbonyl (C=O) groups is 1. The van der Waals surface area contributed by atoms with E-state index in [1.54, 1.807) is 5.38 Å². The Morgan fingerprint density at radius 3 is 2.62 bits per heavy atom. The van der Waals surface area contributed by atoms with Crippen molar-refractivity contribution in [3.8, 4) is 5.75 Å². The minimum absolute atomic E-state index is 0.0332. The molecule has 0 spiro atoms. The van der Waals surface area contributed by atoms with Crippen molar-refractivity contribution in [3.63, 3.8) is 0 Å². The van der Waals surface area contributed by atoms with Crippen molar-refractivity contribution < 1.29 is 23.1 Å². The molecule has 0 atom stereocenters. The SMILES string of the molecule is COc1ccc(Cl)c(C(=O)O)c1NS(=O)(=O)c1ccsc1. The quantitative estimate of drug-likeness (QED) is 0.867. The topological polar surface area (TPSA) is 92.7 Å². The number of thiophene rings is 1. The maximum absolute atomic E-state index is 12.2. The van der Waals surface area contributed by atoms with Crippen LogP contribution in [0.25, 0.3) is 0 Å². The average molecular weight is 348 g/mol. The third-order valence-electron chi connectivity index (χ3n) is 2.59. The van der Waals surface area contributed by atoms with Gasteiger partial charge in [-0.05, 0) is 23.6 Å². The van der Waals surface area contributed by atoms with E-state index in [-0.39, 0.29) is 26.9 Å². The second-order valence-electron chi connectivity index (χ2n) is 3.87. The summed E-state index contributed by atoms with van der Waals surface area (Å²) in [5, 5.41) is 12.2. The molecule has 0 bridgehead atoms. The molecule has 0 amide bonds. The van der Waals surface area contributed by atoms with Crippen LogP contribution in [0.2, 0.25) is 5.02 Å². The minimum atomic E-state index is -3.92. The molecule has 0 saturated carbocycles. The van der Waals surface area contributed by atoms with E-state index in [2.05, 4.69) is 4.72 Å². The normalized spacial score (nSPS) is 11.1. The van der Waals surface area contributed by atoms with Crippen LogP contribution in [0.15, 0.2) is 33.9 Å². The number of aromatic carboxylic acids is 1. The molecule has 0 aliphatic carbocycles. The summed E-state index contributed by atoms with van der Waals surface area (Å²) in [5.41, 5.74) is -0.571. The summed E-state index contributed by atoms with van der Waals surface area (Å²) in [6.45, 7) is 0. The van der Waals surface area contributed by atoms with Gasteiger partial charge in [0.05, 0.1) is 17.0 Å². The predicted octanol–water partition coefficient (Wildman–Crippen LogP) is 2.91. The van der Waals surface area contributed by atoms with E-state index < -0.39 is 16.0 Å². The minimum Gasteiger partial charge on any atom is -0.495 e. The van der Waals surface area contributed by atoms with E-state index in [1.807, 2.05) is 0 Å². The van der Waals surface area contributed by atoms with Gasteiger partial charge in [-0.15, -0.1) is 0 Å². The van der Waals surface area contributed by atoms with Crippen LogP contribution in [0.3, 0.4) is 0 Å². The molecule has 112 valence electrons. The van der Waals surface area contributed by atoms with Crippen LogP contribution in [0, 0.1) is 0 Å². The number of nitrogens with one attached hydrogen (secondary N) is 1. The van der Waals surface area contributed by atoms with Crippen LogP contribution in [0.4, 0.5) is 5.69 Å². The Morgan fingerprint density at radius 1 is 1.38 bits per heavy atom. The molecule has 2 N–H and O–H groups in total. The van der Waals surface area contributed by atoms with Gasteiger partial charge in [-0.25, -0.2) is 13.2 Å². The summed E-state index contributed by atoms with van der Waals surface area (Å²) in [7, 11) is -2.61. The number of methoxy groups -OCH3 is 1. The number of hydrogen-bond donors (Lipinski definition) is 2. The third kappa shape index (κ3) is 3.12. The molecule has 9 heteroatoms. The zero-order chi connectivity index (χ0) is 15.6. The van der Waals surface area contributed by atoms with Gasteiger partial charge in [0, 0.05) is 5.38 Å². The maximum atomic E-state index is 12.2. The molecule has 1 heterocycles. The maximum Gasteiger partial charge on any atom is 0.339 e. The van der Waals surface area contributed by atoms with Gasteiger partial charge in [0.1, 0.15) is 17.0 Å². The molecule has 0 aliphatic rings. The largest absolute Gasteiger partial charge is 0.495 e. The van der Waals surface area contributed by atoms with Crippen LogP contribution in [0.5, 0.6) is 5.75 Å². The highest BCUT2D eigenvalue weighted by molar-refractivity contribution is 7.92. The molecule has 0 unspecified atom stereocenters. The second-order valence-corrected chi connectivity index (χ2v) is 6.74. The molecular formula is C12H10ClNO5S2. The molecule has 21 heavy (non-hydrogen) atoms. The number of carboxylic acid groups (broad SMARTS) is 1. The van der Waals surface area contributed by atoms with Gasteiger partial charge in [-0.2, -0.15) is 11.3 Å². The first-order valence-corrected chi connectivity index (χ1v) is 8.32. The molecule has 0 saturated heterocycles. The summed E-state index contributed by atoms with van der Waals surface area (Å²) in [6, 6.07) is 4.12. The monoisotopic (exact) mass is 347 g/mol. The Kier molecular flexibility index (Phi) is 4.40. The number of carboxylic acids is 1. The highest BCUT2D eigenvalue weighted by Crippen LogP contribution is 2.35. The van der Waals surface area contributed by atoms with Gasteiger partial charge >= 0.3 is 5.97 Å². The fourth-order valence-corrected chi connectivity index (χ4v) is 3.99. The second kappa shape index (κ2) is 5.92. The van der Waals surface area contributed by atoms with Crippen LogP contribution >= 0.6 is 22.9 Å². The molecular weight excluding hydrogens is 338 g/mol. The number of ether oxygens (including phenoxy) is 1. The predicted molar refractivity (Wildman–Crippen MR) is 80.1 cm³/mol. The molecule has 0 radical (unpaired) electrons. The third-order valence-corrected chi connectivity index (χ3v) is 5.09. The number of benzene rings is 1. The van der Waals surface area contributed by atoms with E-state index in [1.165, 1.54) is 42.0 Å². The lowest BCUT2D eigenvalue weighted by Gasteiger charge is -2.14. The lowest BCUT2D eigenvalue weighted by Crippen LogP contribution is -2.16. The summed E-state index contributed by atoms with van der Waals surface area (Å²) >= 11 is 7.05. The van der Waals surface area contributed by atoms with Crippen molar-refractivity contribution in [2.45, 2.75) is 4.90 Å². The molecule has 2 aromatic rings. The Labute approximate surface area is 130 Å². The first-order valence-electron chi connectivity index (χ1n) is 5.51. The fraction of sp³-hybridized carbons (Fsp3) is 0.0833. The van der Waals surface area contributed by atoms with Crippen LogP contribution in [0.1, 0.15) is 10.4 Å². The van der Waals surface area contributed by atoms with Gasteiger partial charge in [-0.1, -0.05) is 11.6 Å². The molecule has 1 aromatic carbocycles. The molecule has 0 aliphatic heterocycles. The van der Waals surface area contributed by atoms with Gasteiger partial charge in [0.15, 0.2) is 0 Å². The van der Waals surface area contributed by atoms with Crippen LogP contribution < -0.4 is 9.46 Å². The number of halogens is 1. The van der Waals surface area contributed by atoms with Gasteiger partial charge in [-0.3, -0.25) is 4.72 Å². The highest BCUT2D eigenvalue weighted by atomic mass is 35.5. The average Bonchev–Trinajstić information content (AvgIpc) is 2.92. The van der Waals surface area contributed by atoms with E-state index in [4.69, 9.17) is 16.3 Å². The standard InChI is InChI=1S/C12H10ClNO5S2/c1-19-9-3-2-8(13)10(12(15)16)11(9)14-21(17,18)7-4-5-20-6-7/h2-6,14H,1H3,(H,15,16). The Hall–Kier alpha value is -1.77. The summed E-state index contributed by atoms with van der Waals surface area (Å²) in [6.07, 6.45) is 0. The number of sulfonamides is 1. The molecule has 6 nitrogen and oxygen atoms in total. The zero-order valence-electron chi connectivity index (χ0n) is 10.7. The summed E-state index contributed by atoms with van der Waals surface area (Å²) in [4.78, 5) is 11.3. The number of anilines is 1. The zero-order valence-corrected chi connectivity index (χ0v) is 13.1. The highest BCUT2D eigenvalue weighted by Gasteiger charge is 2.24. The smallest absolute Gasteiger partial charge is 0.339 e. The first-order chi connectivity index (χ1) is 9.86. The van der Waals surface area contributed by atoms with E-state index in [0.29, 0.717) is 0 Å². The lowest BCUT2D eigenvalue weighted by molar-refractivity contribution is 0.0698. The van der Waals surface area contributed by atoms with Crippen molar-refractivity contribution in [2.75, 3.05) is 11.8 Å². The summed E-state index contributed by atoms with van der Waals surface area (Å²) < 4.78 is 31.7. The number of hydrogen-bond acceptors (Lipinski definition) is 5. The van der Waals surface area contributed by atoms with E-state index in [0.717, 1.165) is 0 Å². The van der Waals surface area contributed by atoms with Gasteiger partial charge < -0.3 is 9.84 Å². The Morgan fingerprint density at radius 2 is 2.10 bits per heavy atom. The lowest BCUT2D eigenvalue weighted by atomic mass is 10.1. The Balaban J connectivity index is 2.58.